The predicted octanol–water partition coefficient (Wildman–Crippen LogP) is 2.10. The van der Waals surface area contributed by atoms with E-state index < -0.39 is 0 Å². The number of hydrogen-bond donors (Lipinski definition) is 1. The molecule has 0 atom stereocenters. The number of halogens is 1. The van der Waals surface area contributed by atoms with Crippen molar-refractivity contribution in [3.05, 3.63) is 28.3 Å². The van der Waals surface area contributed by atoms with Crippen LogP contribution in [0.5, 0.6) is 5.75 Å². The molecule has 0 bridgehead atoms. The Morgan fingerprint density at radius 3 is 3.07 bits per heavy atom. The van der Waals surface area contributed by atoms with Gasteiger partial charge >= 0.3 is 0 Å². The van der Waals surface area contributed by atoms with Gasteiger partial charge in [0.2, 0.25) is 0 Å². The van der Waals surface area contributed by atoms with Gasteiger partial charge in [-0.1, -0.05) is 23.8 Å². The highest BCUT2D eigenvalue weighted by molar-refractivity contribution is 7.80. The normalized spacial score (nSPS) is 13.5. The van der Waals surface area contributed by atoms with Crippen LogP contribution in [-0.4, -0.2) is 11.6 Å². The molecule has 0 spiro atoms. The molecule has 2 N–H and O–H groups in total. The van der Waals surface area contributed by atoms with Crippen molar-refractivity contribution < 1.29 is 4.74 Å². The highest BCUT2D eigenvalue weighted by atomic mass is 35.5. The van der Waals surface area contributed by atoms with E-state index in [9.17, 15) is 0 Å². The molecule has 14 heavy (non-hydrogen) atoms. The number of hydrogen-bond acceptors (Lipinski definition) is 2. The van der Waals surface area contributed by atoms with E-state index in [0.29, 0.717) is 11.4 Å². The van der Waals surface area contributed by atoms with Crippen molar-refractivity contribution in [2.24, 2.45) is 5.73 Å². The van der Waals surface area contributed by atoms with Gasteiger partial charge < -0.3 is 10.5 Å². The highest BCUT2D eigenvalue weighted by Crippen LogP contribution is 2.32. The Balaban J connectivity index is 2.43. The van der Waals surface area contributed by atoms with Crippen molar-refractivity contribution in [1.82, 2.24) is 0 Å². The molecule has 74 valence electrons. The first-order chi connectivity index (χ1) is 6.66. The molecule has 0 saturated carbocycles. The van der Waals surface area contributed by atoms with Crippen LogP contribution in [0.3, 0.4) is 0 Å². The van der Waals surface area contributed by atoms with Gasteiger partial charge in [-0.05, 0) is 17.7 Å². The van der Waals surface area contributed by atoms with E-state index in [1.807, 2.05) is 12.1 Å². The van der Waals surface area contributed by atoms with Crippen LogP contribution in [0.4, 0.5) is 0 Å². The molecule has 0 aliphatic carbocycles. The Hall–Kier alpha value is -0.800. The number of benzene rings is 1. The van der Waals surface area contributed by atoms with Crippen molar-refractivity contribution in [2.75, 3.05) is 6.61 Å². The first-order valence-corrected chi connectivity index (χ1v) is 5.18. The number of nitrogens with two attached hydrogens (primary N) is 1. The summed E-state index contributed by atoms with van der Waals surface area (Å²) in [5.74, 6) is 0.919. The van der Waals surface area contributed by atoms with E-state index >= 15 is 0 Å². The van der Waals surface area contributed by atoms with E-state index in [1.165, 1.54) is 0 Å². The molecule has 0 amide bonds. The van der Waals surface area contributed by atoms with E-state index in [4.69, 9.17) is 34.3 Å². The first-order valence-electron chi connectivity index (χ1n) is 4.39. The second-order valence-corrected chi connectivity index (χ2v) is 4.26. The van der Waals surface area contributed by atoms with Crippen molar-refractivity contribution >= 4 is 28.8 Å². The summed E-state index contributed by atoms with van der Waals surface area (Å²) in [4.78, 5) is 0.463. The monoisotopic (exact) mass is 227 g/mol. The molecule has 2 nitrogen and oxygen atoms in total. The largest absolute Gasteiger partial charge is 0.493 e. The Bertz CT molecular complexity index is 392. The van der Waals surface area contributed by atoms with Crippen LogP contribution in [0.15, 0.2) is 12.1 Å². The van der Waals surface area contributed by atoms with Gasteiger partial charge in [-0.2, -0.15) is 0 Å². The zero-order chi connectivity index (χ0) is 10.1. The van der Waals surface area contributed by atoms with Crippen LogP contribution in [-0.2, 0) is 12.8 Å². The smallest absolute Gasteiger partial charge is 0.126 e. The fraction of sp³-hybridized carbons (Fsp3) is 0.300. The lowest BCUT2D eigenvalue weighted by Gasteiger charge is -2.07. The molecular weight excluding hydrogens is 218 g/mol. The number of thiocarbonyl (C=S) groups is 1. The molecule has 1 aliphatic heterocycles. The van der Waals surface area contributed by atoms with Crippen molar-refractivity contribution in [2.45, 2.75) is 12.8 Å². The molecule has 0 fully saturated rings. The zero-order valence-corrected chi connectivity index (χ0v) is 9.12. The molecule has 1 aromatic carbocycles. The summed E-state index contributed by atoms with van der Waals surface area (Å²) in [6.07, 6.45) is 1.47. The van der Waals surface area contributed by atoms with Crippen molar-refractivity contribution in [3.63, 3.8) is 0 Å². The van der Waals surface area contributed by atoms with E-state index in [2.05, 4.69) is 0 Å². The number of fused-ring (bicyclic) bond motifs is 1. The lowest BCUT2D eigenvalue weighted by atomic mass is 10.1. The summed E-state index contributed by atoms with van der Waals surface area (Å²) in [7, 11) is 0. The van der Waals surface area contributed by atoms with Gasteiger partial charge in [0.05, 0.1) is 11.6 Å². The van der Waals surface area contributed by atoms with Gasteiger partial charge in [0, 0.05) is 23.4 Å². The maximum absolute atomic E-state index is 5.97. The summed E-state index contributed by atoms with van der Waals surface area (Å²) < 4.78 is 5.51. The summed E-state index contributed by atoms with van der Waals surface area (Å²) in [6.45, 7) is 0.722. The van der Waals surface area contributed by atoms with Crippen LogP contribution in [0.2, 0.25) is 5.02 Å². The maximum atomic E-state index is 5.97. The Kier molecular flexibility index (Phi) is 2.61. The standard InChI is InChI=1S/C10H10ClNOS/c11-8-3-6-1-2-13-10(6)7(4-8)5-9(12)14/h3-4H,1-2,5H2,(H2,12,14). The zero-order valence-electron chi connectivity index (χ0n) is 7.55. The van der Waals surface area contributed by atoms with E-state index in [1.54, 1.807) is 0 Å². The number of ether oxygens (including phenoxy) is 1. The second-order valence-electron chi connectivity index (χ2n) is 3.29. The third kappa shape index (κ3) is 1.83. The molecule has 1 aliphatic rings. The minimum atomic E-state index is 0.463. The SMILES string of the molecule is NC(=S)Cc1cc(Cl)cc2c1OCC2. The van der Waals surface area contributed by atoms with Crippen LogP contribution < -0.4 is 10.5 Å². The van der Waals surface area contributed by atoms with E-state index in [-0.39, 0.29) is 0 Å². The molecule has 2 rings (SSSR count). The summed E-state index contributed by atoms with van der Waals surface area (Å²) >= 11 is 10.8. The predicted molar refractivity (Wildman–Crippen MR) is 61.1 cm³/mol. The Morgan fingerprint density at radius 2 is 2.36 bits per heavy atom. The third-order valence-corrected chi connectivity index (χ3v) is 2.55. The summed E-state index contributed by atoms with van der Waals surface area (Å²) in [5, 5.41) is 0.723. The third-order valence-electron chi connectivity index (χ3n) is 2.19. The molecule has 1 aromatic rings. The summed E-state index contributed by atoms with van der Waals surface area (Å²) in [6, 6.07) is 3.80. The quantitative estimate of drug-likeness (QED) is 0.786. The lowest BCUT2D eigenvalue weighted by molar-refractivity contribution is 0.354. The van der Waals surface area contributed by atoms with Gasteiger partial charge in [0.15, 0.2) is 0 Å². The van der Waals surface area contributed by atoms with Crippen LogP contribution >= 0.6 is 23.8 Å². The van der Waals surface area contributed by atoms with Gasteiger partial charge in [0.25, 0.3) is 0 Å². The maximum Gasteiger partial charge on any atom is 0.126 e. The molecule has 0 radical (unpaired) electrons. The topological polar surface area (TPSA) is 35.2 Å². The molecule has 1 heterocycles. The molecular formula is C10H10ClNOS. The Labute approximate surface area is 93.0 Å². The lowest BCUT2D eigenvalue weighted by Crippen LogP contribution is -2.11. The molecule has 0 saturated heterocycles. The number of rotatable bonds is 2. The highest BCUT2D eigenvalue weighted by Gasteiger charge is 2.17. The summed E-state index contributed by atoms with van der Waals surface area (Å²) in [5.41, 5.74) is 7.66. The average molecular weight is 228 g/mol. The average Bonchev–Trinajstić information content (AvgIpc) is 2.50. The van der Waals surface area contributed by atoms with Crippen molar-refractivity contribution in [3.8, 4) is 5.75 Å². The minimum Gasteiger partial charge on any atom is -0.493 e. The van der Waals surface area contributed by atoms with Gasteiger partial charge in [0.1, 0.15) is 5.75 Å². The minimum absolute atomic E-state index is 0.463. The fourth-order valence-electron chi connectivity index (χ4n) is 1.67. The van der Waals surface area contributed by atoms with Gasteiger partial charge in [-0.25, -0.2) is 0 Å². The van der Waals surface area contributed by atoms with Crippen molar-refractivity contribution in [1.29, 1.82) is 0 Å². The van der Waals surface area contributed by atoms with Crippen LogP contribution in [0.1, 0.15) is 11.1 Å². The Morgan fingerprint density at radius 1 is 1.57 bits per heavy atom. The molecule has 0 unspecified atom stereocenters. The van der Waals surface area contributed by atoms with E-state index in [0.717, 1.165) is 34.9 Å². The van der Waals surface area contributed by atoms with Gasteiger partial charge in [-0.15, -0.1) is 0 Å². The first kappa shape index (κ1) is 9.74. The van der Waals surface area contributed by atoms with Gasteiger partial charge in [-0.3, -0.25) is 0 Å². The van der Waals surface area contributed by atoms with Crippen LogP contribution in [0.25, 0.3) is 0 Å². The van der Waals surface area contributed by atoms with Crippen LogP contribution in [0, 0.1) is 0 Å². The molecule has 0 aromatic heterocycles. The fourth-order valence-corrected chi connectivity index (χ4v) is 2.08. The molecule has 4 heteroatoms. The second kappa shape index (κ2) is 3.75.